The topological polar surface area (TPSA) is 75.0 Å². The van der Waals surface area contributed by atoms with Crippen LogP contribution in [0, 0.1) is 12.8 Å². The Kier molecular flexibility index (Phi) is 6.80. The number of rotatable bonds is 7. The Morgan fingerprint density at radius 2 is 1.83 bits per heavy atom. The van der Waals surface area contributed by atoms with E-state index in [4.69, 9.17) is 18.6 Å². The van der Waals surface area contributed by atoms with Crippen LogP contribution < -0.4 is 19.6 Å². The van der Waals surface area contributed by atoms with Crippen molar-refractivity contribution in [1.29, 1.82) is 0 Å². The molecule has 1 aromatic heterocycles. The first kappa shape index (κ1) is 23.5. The molecule has 0 bridgehead atoms. The van der Waals surface area contributed by atoms with Crippen molar-refractivity contribution in [2.75, 3.05) is 13.2 Å². The molecule has 1 fully saturated rings. The maximum atomic E-state index is 13.6. The minimum Gasteiger partial charge on any atom is -0.486 e. The van der Waals surface area contributed by atoms with Gasteiger partial charge in [-0.25, -0.2) is 0 Å². The van der Waals surface area contributed by atoms with E-state index >= 15 is 0 Å². The molecule has 0 spiro atoms. The Hall–Kier alpha value is -3.28. The molecule has 0 atom stereocenters. The van der Waals surface area contributed by atoms with Gasteiger partial charge in [0, 0.05) is 12.5 Å². The summed E-state index contributed by atoms with van der Waals surface area (Å²) in [6.07, 6.45) is 7.80. The Balaban J connectivity index is 1.48. The summed E-state index contributed by atoms with van der Waals surface area (Å²) in [6.45, 7) is 4.83. The molecule has 0 radical (unpaired) electrons. The lowest BCUT2D eigenvalue weighted by molar-refractivity contribution is -0.134. The fourth-order valence-corrected chi connectivity index (χ4v) is 5.27. The van der Waals surface area contributed by atoms with Crippen molar-refractivity contribution in [2.45, 2.75) is 65.2 Å². The Morgan fingerprint density at radius 3 is 2.60 bits per heavy atom. The zero-order valence-corrected chi connectivity index (χ0v) is 20.5. The summed E-state index contributed by atoms with van der Waals surface area (Å²) in [7, 11) is 0. The van der Waals surface area contributed by atoms with Gasteiger partial charge in [0.25, 0.3) is 0 Å². The Bertz CT molecular complexity index is 1300. The normalized spacial score (nSPS) is 15.5. The van der Waals surface area contributed by atoms with Crippen LogP contribution in [-0.4, -0.2) is 19.2 Å². The molecule has 0 unspecified atom stereocenters. The number of carbonyl (C=O) groups is 1. The van der Waals surface area contributed by atoms with E-state index in [1.54, 1.807) is 13.0 Å². The molecule has 1 saturated carbocycles. The number of fused-ring (bicyclic) bond motifs is 2. The van der Waals surface area contributed by atoms with Gasteiger partial charge in [-0.2, -0.15) is 0 Å². The molecule has 1 aliphatic heterocycles. The maximum absolute atomic E-state index is 13.6. The fourth-order valence-electron chi connectivity index (χ4n) is 5.27. The molecule has 2 aromatic carbocycles. The smallest absolute Gasteiger partial charge is 0.311 e. The SMILES string of the molecule is CCCc1cc2c(=O)c(-c3ccc4c(c3)OCCO4)c(C)oc2cc1OC(=O)CCC1CCCC1. The standard InChI is InChI=1S/C29H32O6/c1-3-6-20-15-22-25(17-24(20)35-27(30)12-9-19-7-4-5-8-19)34-18(2)28(29(22)31)21-10-11-23-26(16-21)33-14-13-32-23/h10-11,15-17,19H,3-9,12-14H2,1-2H3. The molecule has 6 heteroatoms. The van der Waals surface area contributed by atoms with Crippen LogP contribution in [0.2, 0.25) is 0 Å². The third-order valence-electron chi connectivity index (χ3n) is 7.05. The predicted octanol–water partition coefficient (Wildman–Crippen LogP) is 6.37. The van der Waals surface area contributed by atoms with E-state index in [1.165, 1.54) is 25.7 Å². The van der Waals surface area contributed by atoms with Gasteiger partial charge in [-0.15, -0.1) is 0 Å². The minimum atomic E-state index is -0.222. The highest BCUT2D eigenvalue weighted by Gasteiger charge is 2.21. The first-order valence-electron chi connectivity index (χ1n) is 12.7. The number of esters is 1. The van der Waals surface area contributed by atoms with Gasteiger partial charge < -0.3 is 18.6 Å². The molecule has 0 amide bonds. The van der Waals surface area contributed by atoms with Crippen molar-refractivity contribution in [2.24, 2.45) is 5.92 Å². The van der Waals surface area contributed by atoms with Gasteiger partial charge in [0.1, 0.15) is 30.3 Å². The van der Waals surface area contributed by atoms with Crippen molar-refractivity contribution in [3.8, 4) is 28.4 Å². The number of ether oxygens (including phenoxy) is 3. The van der Waals surface area contributed by atoms with Crippen molar-refractivity contribution in [3.05, 3.63) is 51.9 Å². The van der Waals surface area contributed by atoms with Gasteiger partial charge in [-0.1, -0.05) is 45.1 Å². The molecule has 3 aromatic rings. The van der Waals surface area contributed by atoms with Crippen LogP contribution in [0.3, 0.4) is 0 Å². The number of hydrogen-bond acceptors (Lipinski definition) is 6. The number of hydrogen-bond donors (Lipinski definition) is 0. The Morgan fingerprint density at radius 1 is 1.06 bits per heavy atom. The zero-order chi connectivity index (χ0) is 24.4. The molecule has 1 aliphatic carbocycles. The third kappa shape index (κ3) is 4.93. The van der Waals surface area contributed by atoms with Gasteiger partial charge in [-0.05, 0) is 55.0 Å². The molecule has 35 heavy (non-hydrogen) atoms. The first-order chi connectivity index (χ1) is 17.0. The van der Waals surface area contributed by atoms with Crippen LogP contribution in [0.1, 0.15) is 63.2 Å². The van der Waals surface area contributed by atoms with Gasteiger partial charge in [0.15, 0.2) is 11.5 Å². The summed E-state index contributed by atoms with van der Waals surface area (Å²) in [6, 6.07) is 9.03. The van der Waals surface area contributed by atoms with Crippen molar-refractivity contribution >= 4 is 16.9 Å². The summed E-state index contributed by atoms with van der Waals surface area (Å²) in [4.78, 5) is 26.2. The van der Waals surface area contributed by atoms with Crippen molar-refractivity contribution in [1.82, 2.24) is 0 Å². The van der Waals surface area contributed by atoms with Crippen LogP contribution in [0.15, 0.2) is 39.5 Å². The van der Waals surface area contributed by atoms with Crippen LogP contribution in [0.25, 0.3) is 22.1 Å². The lowest BCUT2D eigenvalue weighted by Gasteiger charge is -2.19. The molecule has 0 N–H and O–H groups in total. The summed E-state index contributed by atoms with van der Waals surface area (Å²) < 4.78 is 23.2. The average Bonchev–Trinajstić information content (AvgIpc) is 3.37. The van der Waals surface area contributed by atoms with Crippen molar-refractivity contribution < 1.29 is 23.4 Å². The van der Waals surface area contributed by atoms with Crippen LogP contribution in [0.4, 0.5) is 0 Å². The molecule has 6 nitrogen and oxygen atoms in total. The minimum absolute atomic E-state index is 0.114. The lowest BCUT2D eigenvalue weighted by atomic mass is 9.99. The number of carbonyl (C=O) groups excluding carboxylic acids is 1. The predicted molar refractivity (Wildman–Crippen MR) is 134 cm³/mol. The average molecular weight is 477 g/mol. The van der Waals surface area contributed by atoms with E-state index < -0.39 is 0 Å². The molecule has 184 valence electrons. The quantitative estimate of drug-likeness (QED) is 0.291. The second-order valence-corrected chi connectivity index (χ2v) is 9.59. The van der Waals surface area contributed by atoms with E-state index in [1.807, 2.05) is 24.3 Å². The van der Waals surface area contributed by atoms with E-state index in [2.05, 4.69) is 6.92 Å². The second-order valence-electron chi connectivity index (χ2n) is 9.59. The summed E-state index contributed by atoms with van der Waals surface area (Å²) >= 11 is 0. The second kappa shape index (κ2) is 10.1. The molecule has 5 rings (SSSR count). The fraction of sp³-hybridized carbons (Fsp3) is 0.448. The lowest BCUT2D eigenvalue weighted by Crippen LogP contribution is -2.15. The molecule has 0 saturated heterocycles. The van der Waals surface area contributed by atoms with E-state index in [0.717, 1.165) is 24.0 Å². The number of benzene rings is 2. The van der Waals surface area contributed by atoms with E-state index in [0.29, 0.717) is 71.5 Å². The molecule has 2 aliphatic rings. The van der Waals surface area contributed by atoms with Crippen LogP contribution in [0.5, 0.6) is 17.2 Å². The van der Waals surface area contributed by atoms with Gasteiger partial charge in [0.2, 0.25) is 5.43 Å². The maximum Gasteiger partial charge on any atom is 0.311 e. The molecular weight excluding hydrogens is 444 g/mol. The summed E-state index contributed by atoms with van der Waals surface area (Å²) in [5.41, 5.74) is 2.38. The van der Waals surface area contributed by atoms with E-state index in [9.17, 15) is 9.59 Å². The van der Waals surface area contributed by atoms with E-state index in [-0.39, 0.29) is 11.4 Å². The third-order valence-corrected chi connectivity index (χ3v) is 7.05. The highest BCUT2D eigenvalue weighted by atomic mass is 16.6. The summed E-state index contributed by atoms with van der Waals surface area (Å²) in [5.74, 6) is 2.70. The van der Waals surface area contributed by atoms with Crippen LogP contribution >= 0.6 is 0 Å². The zero-order valence-electron chi connectivity index (χ0n) is 20.5. The number of aryl methyl sites for hydroxylation is 2. The van der Waals surface area contributed by atoms with Gasteiger partial charge >= 0.3 is 5.97 Å². The van der Waals surface area contributed by atoms with Gasteiger partial charge in [0.05, 0.1) is 10.9 Å². The monoisotopic (exact) mass is 476 g/mol. The first-order valence-corrected chi connectivity index (χ1v) is 12.7. The van der Waals surface area contributed by atoms with Crippen LogP contribution in [-0.2, 0) is 11.2 Å². The largest absolute Gasteiger partial charge is 0.486 e. The van der Waals surface area contributed by atoms with Gasteiger partial charge in [-0.3, -0.25) is 9.59 Å². The molecular formula is C29H32O6. The highest BCUT2D eigenvalue weighted by Crippen LogP contribution is 2.36. The highest BCUT2D eigenvalue weighted by molar-refractivity contribution is 5.86. The summed E-state index contributed by atoms with van der Waals surface area (Å²) in [5, 5.41) is 0.481. The van der Waals surface area contributed by atoms with Crippen molar-refractivity contribution in [3.63, 3.8) is 0 Å². The molecule has 2 heterocycles. The Labute approximate surface area is 205 Å².